The Hall–Kier alpha value is -1.08. The predicted octanol–water partition coefficient (Wildman–Crippen LogP) is 2.59. The lowest BCUT2D eigenvalue weighted by molar-refractivity contribution is 0.0699. The van der Waals surface area contributed by atoms with Crippen molar-refractivity contribution in [3.63, 3.8) is 0 Å². The van der Waals surface area contributed by atoms with Crippen LogP contribution in [0.1, 0.15) is 10.4 Å². The topological polar surface area (TPSA) is 29.5 Å². The van der Waals surface area contributed by atoms with Crippen molar-refractivity contribution in [1.29, 1.82) is 0 Å². The third-order valence-corrected chi connectivity index (χ3v) is 2.78. The zero-order valence-electron chi connectivity index (χ0n) is 10.3. The summed E-state index contributed by atoms with van der Waals surface area (Å²) in [5, 5.41) is 0.451. The van der Waals surface area contributed by atoms with Crippen LogP contribution in [-0.4, -0.2) is 42.9 Å². The van der Waals surface area contributed by atoms with E-state index in [0.29, 0.717) is 17.5 Å². The van der Waals surface area contributed by atoms with Crippen molar-refractivity contribution in [2.75, 3.05) is 32.1 Å². The van der Waals surface area contributed by atoms with Crippen LogP contribution in [0.3, 0.4) is 0 Å². The summed E-state index contributed by atoms with van der Waals surface area (Å²) in [6.07, 6.45) is 0. The lowest BCUT2D eigenvalue weighted by Gasteiger charge is -2.21. The van der Waals surface area contributed by atoms with Gasteiger partial charge >= 0.3 is 0 Å². The van der Waals surface area contributed by atoms with E-state index in [9.17, 15) is 18.0 Å². The van der Waals surface area contributed by atoms with Crippen molar-refractivity contribution in [2.24, 2.45) is 0 Å². The quantitative estimate of drug-likeness (QED) is 0.745. The van der Waals surface area contributed by atoms with E-state index >= 15 is 0 Å². The van der Waals surface area contributed by atoms with Crippen molar-refractivity contribution in [3.05, 3.63) is 35.1 Å². The molecule has 0 saturated carbocycles. The van der Waals surface area contributed by atoms with Gasteiger partial charge in [-0.1, -0.05) is 15.9 Å². The molecule has 0 N–H and O–H groups in total. The first-order chi connectivity index (χ1) is 9.01. The summed E-state index contributed by atoms with van der Waals surface area (Å²) in [7, 11) is 1.45. The Kier molecular flexibility index (Phi) is 6.30. The van der Waals surface area contributed by atoms with Crippen LogP contribution >= 0.6 is 15.9 Å². The highest BCUT2D eigenvalue weighted by Crippen LogP contribution is 2.17. The van der Waals surface area contributed by atoms with E-state index in [0.717, 1.165) is 0 Å². The molecule has 0 aliphatic heterocycles. The van der Waals surface area contributed by atoms with Crippen molar-refractivity contribution >= 4 is 21.8 Å². The van der Waals surface area contributed by atoms with Crippen molar-refractivity contribution in [1.82, 2.24) is 4.90 Å². The predicted molar refractivity (Wildman–Crippen MR) is 67.9 cm³/mol. The Balaban J connectivity index is 3.02. The lowest BCUT2D eigenvalue weighted by Crippen LogP contribution is -2.36. The van der Waals surface area contributed by atoms with Crippen LogP contribution in [0.4, 0.5) is 13.2 Å². The summed E-state index contributed by atoms with van der Waals surface area (Å²) in [4.78, 5) is 13.3. The maximum Gasteiger partial charge on any atom is 0.259 e. The van der Waals surface area contributed by atoms with Crippen LogP contribution in [0.2, 0.25) is 0 Å². The van der Waals surface area contributed by atoms with Gasteiger partial charge in [-0.3, -0.25) is 4.79 Å². The number of halogens is 4. The van der Waals surface area contributed by atoms with E-state index in [2.05, 4.69) is 15.9 Å². The molecule has 1 aromatic carbocycles. The molecule has 1 aromatic rings. The third-order valence-electron chi connectivity index (χ3n) is 2.43. The number of ether oxygens (including phenoxy) is 1. The van der Waals surface area contributed by atoms with Gasteiger partial charge in [0.2, 0.25) is 0 Å². The third kappa shape index (κ3) is 4.21. The molecule has 1 amide bonds. The molecule has 3 nitrogen and oxygen atoms in total. The van der Waals surface area contributed by atoms with Gasteiger partial charge in [0.25, 0.3) is 5.91 Å². The molecule has 0 aliphatic rings. The Morgan fingerprint density at radius 1 is 1.26 bits per heavy atom. The fourth-order valence-electron chi connectivity index (χ4n) is 1.52. The van der Waals surface area contributed by atoms with Crippen molar-refractivity contribution < 1.29 is 22.7 Å². The highest BCUT2D eigenvalue weighted by molar-refractivity contribution is 9.09. The molecule has 0 radical (unpaired) electrons. The van der Waals surface area contributed by atoms with Gasteiger partial charge in [-0.15, -0.1) is 0 Å². The van der Waals surface area contributed by atoms with E-state index in [1.807, 2.05) is 0 Å². The van der Waals surface area contributed by atoms with Gasteiger partial charge in [-0.2, -0.15) is 0 Å². The molecule has 0 unspecified atom stereocenters. The molecule has 1 rings (SSSR count). The monoisotopic (exact) mass is 339 g/mol. The molecule has 106 valence electrons. The number of hydrogen-bond donors (Lipinski definition) is 0. The molecule has 0 aliphatic carbocycles. The van der Waals surface area contributed by atoms with E-state index in [1.54, 1.807) is 0 Å². The smallest absolute Gasteiger partial charge is 0.259 e. The minimum atomic E-state index is -1.21. The molecule has 19 heavy (non-hydrogen) atoms. The first-order valence-electron chi connectivity index (χ1n) is 5.50. The zero-order chi connectivity index (χ0) is 14.4. The fraction of sp³-hybridized carbons (Fsp3) is 0.417. The summed E-state index contributed by atoms with van der Waals surface area (Å²) in [6.45, 7) is 0.693. The number of methoxy groups -OCH3 is 1. The SMILES string of the molecule is COCCN(CCBr)C(=O)c1c(F)cc(F)cc1F. The molecule has 0 fully saturated rings. The maximum absolute atomic E-state index is 13.5. The second kappa shape index (κ2) is 7.49. The number of carbonyl (C=O) groups excluding carboxylic acids is 1. The number of rotatable bonds is 6. The second-order valence-corrected chi connectivity index (χ2v) is 4.51. The second-order valence-electron chi connectivity index (χ2n) is 3.72. The first kappa shape index (κ1) is 16.0. The van der Waals surface area contributed by atoms with Gasteiger partial charge in [-0.05, 0) is 0 Å². The summed E-state index contributed by atoms with van der Waals surface area (Å²) in [5.74, 6) is -4.30. The maximum atomic E-state index is 13.5. The minimum absolute atomic E-state index is 0.192. The summed E-state index contributed by atoms with van der Waals surface area (Å²) in [5.41, 5.74) is -0.751. The Bertz CT molecular complexity index is 434. The largest absolute Gasteiger partial charge is 0.383 e. The molecule has 0 bridgehead atoms. The van der Waals surface area contributed by atoms with Crippen LogP contribution in [0.15, 0.2) is 12.1 Å². The van der Waals surface area contributed by atoms with E-state index in [1.165, 1.54) is 12.0 Å². The Morgan fingerprint density at radius 3 is 2.32 bits per heavy atom. The van der Waals surface area contributed by atoms with E-state index in [4.69, 9.17) is 4.74 Å². The van der Waals surface area contributed by atoms with Crippen LogP contribution in [0, 0.1) is 17.5 Å². The average molecular weight is 340 g/mol. The van der Waals surface area contributed by atoms with Gasteiger partial charge in [0.05, 0.1) is 6.61 Å². The highest BCUT2D eigenvalue weighted by Gasteiger charge is 2.23. The standard InChI is InChI=1S/C12H13BrF3NO2/c1-19-5-4-17(3-2-13)12(18)11-9(15)6-8(14)7-10(11)16/h6-7H,2-5H2,1H3. The Labute approximate surface area is 117 Å². The van der Waals surface area contributed by atoms with Gasteiger partial charge in [-0.25, -0.2) is 13.2 Å². The van der Waals surface area contributed by atoms with Crippen LogP contribution in [-0.2, 0) is 4.74 Å². The molecule has 7 heteroatoms. The lowest BCUT2D eigenvalue weighted by atomic mass is 10.1. The van der Waals surface area contributed by atoms with E-state index < -0.39 is 28.9 Å². The number of alkyl halides is 1. The average Bonchev–Trinajstić information content (AvgIpc) is 2.33. The first-order valence-corrected chi connectivity index (χ1v) is 6.62. The van der Waals surface area contributed by atoms with Gasteiger partial charge in [0, 0.05) is 37.7 Å². The van der Waals surface area contributed by atoms with E-state index in [-0.39, 0.29) is 19.7 Å². The summed E-state index contributed by atoms with van der Waals surface area (Å²) in [6, 6.07) is 0.970. The normalized spacial score (nSPS) is 10.6. The van der Waals surface area contributed by atoms with Gasteiger partial charge in [0.1, 0.15) is 23.0 Å². The zero-order valence-corrected chi connectivity index (χ0v) is 11.8. The number of benzene rings is 1. The minimum Gasteiger partial charge on any atom is -0.383 e. The fourth-order valence-corrected chi connectivity index (χ4v) is 1.95. The number of nitrogens with zero attached hydrogens (tertiary/aromatic N) is 1. The van der Waals surface area contributed by atoms with Crippen LogP contribution in [0.25, 0.3) is 0 Å². The molecular formula is C12H13BrF3NO2. The van der Waals surface area contributed by atoms with Crippen molar-refractivity contribution in [2.45, 2.75) is 0 Å². The summed E-state index contributed by atoms with van der Waals surface area (Å²) >= 11 is 3.15. The van der Waals surface area contributed by atoms with Crippen molar-refractivity contribution in [3.8, 4) is 0 Å². The number of carbonyl (C=O) groups is 1. The molecule has 0 saturated heterocycles. The van der Waals surface area contributed by atoms with Crippen LogP contribution < -0.4 is 0 Å². The molecule has 0 aromatic heterocycles. The molecule has 0 heterocycles. The van der Waals surface area contributed by atoms with Gasteiger partial charge < -0.3 is 9.64 Å². The van der Waals surface area contributed by atoms with Gasteiger partial charge in [0.15, 0.2) is 0 Å². The molecule has 0 spiro atoms. The number of hydrogen-bond acceptors (Lipinski definition) is 2. The molecule has 0 atom stereocenters. The molecular weight excluding hydrogens is 327 g/mol. The highest BCUT2D eigenvalue weighted by atomic mass is 79.9. The Morgan fingerprint density at radius 2 is 1.84 bits per heavy atom. The van der Waals surface area contributed by atoms with Crippen LogP contribution in [0.5, 0.6) is 0 Å². The number of amides is 1. The summed E-state index contributed by atoms with van der Waals surface area (Å²) < 4.78 is 44.6.